The second-order valence-electron chi connectivity index (χ2n) is 3.61. The minimum absolute atomic E-state index is 0.0103. The molecular weight excluding hydrogens is 231 g/mol. The third-order valence-corrected chi connectivity index (χ3v) is 2.59. The van der Waals surface area contributed by atoms with Crippen molar-refractivity contribution in [2.24, 2.45) is 0 Å². The van der Waals surface area contributed by atoms with E-state index in [1.165, 1.54) is 0 Å². The van der Waals surface area contributed by atoms with Gasteiger partial charge in [-0.25, -0.2) is 0 Å². The molecule has 0 saturated carbocycles. The quantitative estimate of drug-likeness (QED) is 0.568. The number of Topliss-reactive ketones (excluding diaryl/α,β-unsaturated/α-hetero) is 1. The Kier molecular flexibility index (Phi) is 5.13. The topological polar surface area (TPSA) is 17.1 Å². The van der Waals surface area contributed by atoms with Crippen LogP contribution in [0.3, 0.4) is 0 Å². The van der Waals surface area contributed by atoms with Crippen LogP contribution in [0, 0.1) is 0 Å². The molecule has 82 valence electrons. The molecule has 2 unspecified atom stereocenters. The third kappa shape index (κ3) is 4.67. The number of benzene rings is 1. The molecule has 1 rings (SSSR count). The second kappa shape index (κ2) is 6.14. The van der Waals surface area contributed by atoms with Gasteiger partial charge in [-0.2, -0.15) is 0 Å². The van der Waals surface area contributed by atoms with Gasteiger partial charge in [0.1, 0.15) is 0 Å². The number of halogens is 2. The average molecular weight is 245 g/mol. The fraction of sp³-hybridized carbons (Fsp3) is 0.417. The molecule has 0 fully saturated rings. The smallest absolute Gasteiger partial charge is 0.164 e. The highest BCUT2D eigenvalue weighted by molar-refractivity contribution is 6.24. The van der Waals surface area contributed by atoms with Gasteiger partial charge >= 0.3 is 0 Å². The van der Waals surface area contributed by atoms with Crippen molar-refractivity contribution in [2.45, 2.75) is 30.5 Å². The summed E-state index contributed by atoms with van der Waals surface area (Å²) in [5.41, 5.74) is 0.713. The van der Waals surface area contributed by atoms with Gasteiger partial charge in [0.2, 0.25) is 0 Å². The Morgan fingerprint density at radius 2 is 1.87 bits per heavy atom. The molecule has 2 atom stereocenters. The molecule has 0 heterocycles. The van der Waals surface area contributed by atoms with E-state index in [1.54, 1.807) is 12.1 Å². The van der Waals surface area contributed by atoms with Gasteiger partial charge in [-0.15, -0.1) is 23.2 Å². The lowest BCUT2D eigenvalue weighted by Gasteiger charge is -2.09. The number of alkyl halides is 2. The van der Waals surface area contributed by atoms with E-state index >= 15 is 0 Å². The zero-order valence-electron chi connectivity index (χ0n) is 8.62. The lowest BCUT2D eigenvalue weighted by atomic mass is 10.0. The Bertz CT molecular complexity index is 309. The number of ketones is 1. The molecule has 1 aromatic rings. The first-order valence-electron chi connectivity index (χ1n) is 4.96. The molecule has 15 heavy (non-hydrogen) atoms. The summed E-state index contributed by atoms with van der Waals surface area (Å²) in [6.07, 6.45) is 1.00. The van der Waals surface area contributed by atoms with Crippen LogP contribution < -0.4 is 0 Å². The molecule has 3 heteroatoms. The van der Waals surface area contributed by atoms with Crippen molar-refractivity contribution in [1.82, 2.24) is 0 Å². The van der Waals surface area contributed by atoms with Gasteiger partial charge in [0.05, 0.1) is 0 Å². The number of carbonyl (C=O) groups is 1. The van der Waals surface area contributed by atoms with Crippen molar-refractivity contribution < 1.29 is 4.79 Å². The summed E-state index contributed by atoms with van der Waals surface area (Å²) in [4.78, 5) is 11.7. The van der Waals surface area contributed by atoms with E-state index in [-0.39, 0.29) is 16.5 Å². The van der Waals surface area contributed by atoms with Crippen LogP contribution in [0.1, 0.15) is 30.1 Å². The normalized spacial score (nSPS) is 14.6. The Morgan fingerprint density at radius 1 is 1.27 bits per heavy atom. The summed E-state index contributed by atoms with van der Waals surface area (Å²) in [6, 6.07) is 9.18. The maximum atomic E-state index is 11.7. The van der Waals surface area contributed by atoms with Gasteiger partial charge in [0.15, 0.2) is 5.78 Å². The first-order chi connectivity index (χ1) is 7.09. The van der Waals surface area contributed by atoms with E-state index in [0.717, 1.165) is 0 Å². The van der Waals surface area contributed by atoms with Gasteiger partial charge in [0.25, 0.3) is 0 Å². The molecule has 1 nitrogen and oxygen atoms in total. The second-order valence-corrected chi connectivity index (χ2v) is 4.97. The predicted octanol–water partition coefficient (Wildman–Crippen LogP) is 3.88. The van der Waals surface area contributed by atoms with Crippen LogP contribution >= 0.6 is 23.2 Å². The third-order valence-electron chi connectivity index (χ3n) is 2.08. The van der Waals surface area contributed by atoms with E-state index in [9.17, 15) is 4.79 Å². The zero-order valence-corrected chi connectivity index (χ0v) is 10.1. The Morgan fingerprint density at radius 3 is 2.40 bits per heavy atom. The van der Waals surface area contributed by atoms with Crippen molar-refractivity contribution in [3.63, 3.8) is 0 Å². The Balaban J connectivity index is 2.49. The number of rotatable bonds is 5. The average Bonchev–Trinajstić information content (AvgIpc) is 2.17. The van der Waals surface area contributed by atoms with Crippen molar-refractivity contribution >= 4 is 29.0 Å². The summed E-state index contributed by atoms with van der Waals surface area (Å²) in [7, 11) is 0. The van der Waals surface area contributed by atoms with Gasteiger partial charge in [-0.05, 0) is 13.3 Å². The number of carbonyl (C=O) groups excluding carboxylic acids is 1. The maximum Gasteiger partial charge on any atom is 0.164 e. The van der Waals surface area contributed by atoms with E-state index in [4.69, 9.17) is 23.2 Å². The van der Waals surface area contributed by atoms with Crippen LogP contribution in [0.25, 0.3) is 0 Å². The molecule has 0 aliphatic heterocycles. The van der Waals surface area contributed by atoms with Crippen LogP contribution in [0.15, 0.2) is 30.3 Å². The van der Waals surface area contributed by atoms with E-state index in [1.807, 2.05) is 25.1 Å². The van der Waals surface area contributed by atoms with Crippen molar-refractivity contribution in [3.8, 4) is 0 Å². The summed E-state index contributed by atoms with van der Waals surface area (Å²) in [5.74, 6) is 0.0768. The summed E-state index contributed by atoms with van der Waals surface area (Å²) < 4.78 is 0. The lowest BCUT2D eigenvalue weighted by molar-refractivity contribution is 0.0981. The molecule has 0 bridgehead atoms. The minimum atomic E-state index is -0.176. The number of hydrogen-bond acceptors (Lipinski definition) is 1. The highest BCUT2D eigenvalue weighted by atomic mass is 35.5. The molecular formula is C12H14Cl2O. The van der Waals surface area contributed by atoms with Gasteiger partial charge in [-0.1, -0.05) is 30.3 Å². The van der Waals surface area contributed by atoms with Crippen molar-refractivity contribution in [1.29, 1.82) is 0 Å². The van der Waals surface area contributed by atoms with Crippen molar-refractivity contribution in [2.75, 3.05) is 0 Å². The zero-order chi connectivity index (χ0) is 11.3. The Hall–Kier alpha value is -0.530. The molecule has 0 aliphatic carbocycles. The van der Waals surface area contributed by atoms with Gasteiger partial charge in [0, 0.05) is 22.7 Å². The molecule has 0 radical (unpaired) electrons. The first-order valence-corrected chi connectivity index (χ1v) is 5.83. The highest BCUT2D eigenvalue weighted by Gasteiger charge is 2.14. The van der Waals surface area contributed by atoms with E-state index in [2.05, 4.69) is 0 Å². The lowest BCUT2D eigenvalue weighted by Crippen LogP contribution is -2.11. The maximum absolute atomic E-state index is 11.7. The van der Waals surface area contributed by atoms with Crippen LogP contribution in [0.2, 0.25) is 0 Å². The summed E-state index contributed by atoms with van der Waals surface area (Å²) in [5, 5.41) is -0.165. The van der Waals surface area contributed by atoms with Crippen LogP contribution in [-0.2, 0) is 0 Å². The molecule has 0 aromatic heterocycles. The predicted molar refractivity (Wildman–Crippen MR) is 65.0 cm³/mol. The standard InChI is InChI=1S/C12H14Cl2O/c1-9(13)7-11(14)8-12(15)10-5-3-2-4-6-10/h2-6,9,11H,7-8H2,1H3. The fourth-order valence-electron chi connectivity index (χ4n) is 1.38. The van der Waals surface area contributed by atoms with Crippen molar-refractivity contribution in [3.05, 3.63) is 35.9 Å². The first kappa shape index (κ1) is 12.5. The fourth-order valence-corrected chi connectivity index (χ4v) is 2.09. The van der Waals surface area contributed by atoms with Crippen LogP contribution in [0.5, 0.6) is 0 Å². The van der Waals surface area contributed by atoms with E-state index in [0.29, 0.717) is 18.4 Å². The largest absolute Gasteiger partial charge is 0.294 e. The monoisotopic (exact) mass is 244 g/mol. The molecule has 0 N–H and O–H groups in total. The minimum Gasteiger partial charge on any atom is -0.294 e. The summed E-state index contributed by atoms with van der Waals surface area (Å²) in [6.45, 7) is 1.88. The Labute approximate surface area is 100 Å². The highest BCUT2D eigenvalue weighted by Crippen LogP contribution is 2.16. The van der Waals surface area contributed by atoms with Crippen LogP contribution in [0.4, 0.5) is 0 Å². The van der Waals surface area contributed by atoms with E-state index < -0.39 is 0 Å². The molecule has 1 aromatic carbocycles. The van der Waals surface area contributed by atoms with Crippen LogP contribution in [-0.4, -0.2) is 16.5 Å². The molecule has 0 amide bonds. The molecule has 0 aliphatic rings. The number of hydrogen-bond donors (Lipinski definition) is 0. The summed E-state index contributed by atoms with van der Waals surface area (Å²) >= 11 is 11.8. The van der Waals surface area contributed by atoms with Gasteiger partial charge in [-0.3, -0.25) is 4.79 Å². The van der Waals surface area contributed by atoms with Gasteiger partial charge < -0.3 is 0 Å². The molecule has 0 spiro atoms. The molecule has 0 saturated heterocycles. The SMILES string of the molecule is CC(Cl)CC(Cl)CC(=O)c1ccccc1.